The van der Waals surface area contributed by atoms with Gasteiger partial charge >= 0.3 is 0 Å². The van der Waals surface area contributed by atoms with Crippen LogP contribution >= 0.6 is 11.6 Å². The molecule has 1 saturated heterocycles. The zero-order valence-electron chi connectivity index (χ0n) is 33.5. The number of azide groups is 1. The lowest BCUT2D eigenvalue weighted by Gasteiger charge is -2.41. The van der Waals surface area contributed by atoms with Crippen molar-refractivity contribution >= 4 is 35.2 Å². The molecule has 15 heteroatoms. The monoisotopic (exact) mass is 762 g/mol. The summed E-state index contributed by atoms with van der Waals surface area (Å²) in [6.45, 7) is 12.1. The van der Waals surface area contributed by atoms with Gasteiger partial charge in [-0.1, -0.05) is 82.9 Å². The van der Waals surface area contributed by atoms with E-state index in [0.717, 1.165) is 12.0 Å². The smallest absolute Gasteiger partial charge is 0.245 e. The molecule has 0 radical (unpaired) electrons. The van der Waals surface area contributed by atoms with Crippen molar-refractivity contribution in [1.29, 1.82) is 0 Å². The number of likely N-dealkylation sites (N-methyl/N-ethyl adjacent to an activating group) is 2. The fourth-order valence-corrected chi connectivity index (χ4v) is 7.85. The maximum Gasteiger partial charge on any atom is 0.245 e. The summed E-state index contributed by atoms with van der Waals surface area (Å²) in [6, 6.07) is 4.08. The van der Waals surface area contributed by atoms with Crippen molar-refractivity contribution in [1.82, 2.24) is 25.3 Å². The quantitative estimate of drug-likeness (QED) is 0.104. The Morgan fingerprint density at radius 3 is 2.26 bits per heavy atom. The Morgan fingerprint density at radius 2 is 1.72 bits per heavy atom. The highest BCUT2D eigenvalue weighted by Crippen LogP contribution is 2.29. The first-order valence-corrected chi connectivity index (χ1v) is 19.1. The van der Waals surface area contributed by atoms with Crippen LogP contribution in [0.2, 0.25) is 5.02 Å². The van der Waals surface area contributed by atoms with Crippen molar-refractivity contribution in [3.63, 3.8) is 0 Å². The zero-order chi connectivity index (χ0) is 40.0. The van der Waals surface area contributed by atoms with E-state index < -0.39 is 48.2 Å². The molecule has 0 unspecified atom stereocenters. The lowest BCUT2D eigenvalue weighted by molar-refractivity contribution is -0.147. The van der Waals surface area contributed by atoms with Gasteiger partial charge in [-0.3, -0.25) is 24.1 Å². The molecule has 53 heavy (non-hydrogen) atoms. The molecule has 9 atom stereocenters. The standard InChI is InChI=1S/C38H63ClN8O6/c1-12-24(4)34(46(9)38(51)32(26(6)43-44-40)42-37(50)33(23(2)3)45(7)8)30(52-10)22-31(48)47-21-15-18-29(47)35(53-11)25(5)36(49)41-20-19-27-16-13-14-17-28(27)39/h13-14,16-17,23-26,29-30,32-35H,12,15,18-22H2,1-11H3,(H,41,49)(H,42,50)/t24-,25+,26-,29-,30+,32-,33-,34-,35+/m0/s1. The highest BCUT2D eigenvalue weighted by atomic mass is 35.5. The van der Waals surface area contributed by atoms with E-state index in [1.165, 1.54) is 12.0 Å². The van der Waals surface area contributed by atoms with Crippen LogP contribution in [-0.4, -0.2) is 129 Å². The number of methoxy groups -OCH3 is 2. The molecule has 0 aromatic heterocycles. The lowest BCUT2D eigenvalue weighted by atomic mass is 9.89. The first-order chi connectivity index (χ1) is 25.0. The van der Waals surface area contributed by atoms with Gasteiger partial charge in [0, 0.05) is 44.3 Å². The molecule has 1 aromatic rings. The summed E-state index contributed by atoms with van der Waals surface area (Å²) in [5.41, 5.74) is 10.2. The Hall–Kier alpha value is -3.42. The van der Waals surface area contributed by atoms with Crippen LogP contribution in [-0.2, 0) is 35.1 Å². The predicted octanol–water partition coefficient (Wildman–Crippen LogP) is 4.69. The Bertz CT molecular complexity index is 1400. The maximum atomic E-state index is 14.3. The lowest BCUT2D eigenvalue weighted by Crippen LogP contribution is -2.60. The number of nitrogens with one attached hydrogen (secondary N) is 2. The molecule has 1 fully saturated rings. The van der Waals surface area contributed by atoms with E-state index in [1.807, 2.05) is 58.9 Å². The van der Waals surface area contributed by atoms with E-state index in [2.05, 4.69) is 20.7 Å². The topological polar surface area (TPSA) is 169 Å². The number of nitrogens with zero attached hydrogens (tertiary/aromatic N) is 6. The average molecular weight is 763 g/mol. The number of amides is 4. The minimum atomic E-state index is -1.15. The molecule has 0 aliphatic carbocycles. The van der Waals surface area contributed by atoms with Gasteiger partial charge in [-0.15, -0.1) is 0 Å². The molecule has 0 bridgehead atoms. The minimum Gasteiger partial charge on any atom is -0.379 e. The second-order valence-corrected chi connectivity index (χ2v) is 15.2. The molecule has 1 heterocycles. The summed E-state index contributed by atoms with van der Waals surface area (Å²) in [7, 11) is 8.30. The number of hydrogen-bond acceptors (Lipinski definition) is 8. The normalized spacial score (nSPS) is 19.0. The summed E-state index contributed by atoms with van der Waals surface area (Å²) < 4.78 is 11.9. The summed E-state index contributed by atoms with van der Waals surface area (Å²) in [5.74, 6) is -1.83. The van der Waals surface area contributed by atoms with Crippen LogP contribution in [0.25, 0.3) is 10.4 Å². The van der Waals surface area contributed by atoms with Crippen molar-refractivity contribution in [2.24, 2.45) is 22.9 Å². The largest absolute Gasteiger partial charge is 0.379 e. The minimum absolute atomic E-state index is 0.0204. The van der Waals surface area contributed by atoms with Crippen LogP contribution in [0.15, 0.2) is 29.4 Å². The Balaban J connectivity index is 2.27. The van der Waals surface area contributed by atoms with Crippen LogP contribution in [0.1, 0.15) is 72.8 Å². The van der Waals surface area contributed by atoms with Gasteiger partial charge in [0.1, 0.15) is 6.04 Å². The van der Waals surface area contributed by atoms with E-state index in [-0.39, 0.29) is 42.0 Å². The van der Waals surface area contributed by atoms with Crippen LogP contribution in [0.5, 0.6) is 0 Å². The van der Waals surface area contributed by atoms with Crippen molar-refractivity contribution < 1.29 is 28.7 Å². The molecule has 1 aliphatic rings. The van der Waals surface area contributed by atoms with Crippen LogP contribution in [0.4, 0.5) is 0 Å². The van der Waals surface area contributed by atoms with Gasteiger partial charge in [0.25, 0.3) is 0 Å². The first-order valence-electron chi connectivity index (χ1n) is 18.7. The summed E-state index contributed by atoms with van der Waals surface area (Å²) in [6.07, 6.45) is 1.43. The molecule has 2 N–H and O–H groups in total. The van der Waals surface area contributed by atoms with Crippen LogP contribution < -0.4 is 10.6 Å². The fourth-order valence-electron chi connectivity index (χ4n) is 7.62. The van der Waals surface area contributed by atoms with Crippen LogP contribution in [0.3, 0.4) is 0 Å². The SMILES string of the molecule is CC[C@H](C)[C@@H]([C@@H](CC(=O)N1CCC[C@H]1[C@H](OC)[C@@H](C)C(=O)NCCc1ccccc1Cl)OC)N(C)C(=O)[C@@H](NC(=O)[C@H](C(C)C)N(C)C)[C@H](C)N=[N+]=[N-]. The molecule has 14 nitrogen and oxygen atoms in total. The van der Waals surface area contributed by atoms with Gasteiger partial charge in [0.2, 0.25) is 23.6 Å². The molecule has 0 saturated carbocycles. The van der Waals surface area contributed by atoms with Gasteiger partial charge in [0.15, 0.2) is 0 Å². The van der Waals surface area contributed by atoms with E-state index in [0.29, 0.717) is 37.4 Å². The number of carbonyl (C=O) groups excluding carboxylic acids is 4. The summed E-state index contributed by atoms with van der Waals surface area (Å²) in [5, 5.41) is 10.3. The molecular weight excluding hydrogens is 700 g/mol. The number of rotatable bonds is 21. The number of likely N-dealkylation sites (tertiary alicyclic amines) is 1. The van der Waals surface area contributed by atoms with Crippen molar-refractivity contribution in [3.8, 4) is 0 Å². The zero-order valence-corrected chi connectivity index (χ0v) is 34.3. The molecule has 298 valence electrons. The third-order valence-corrected chi connectivity index (χ3v) is 11.0. The Labute approximate surface area is 321 Å². The maximum absolute atomic E-state index is 14.3. The van der Waals surface area contributed by atoms with Gasteiger partial charge in [-0.25, -0.2) is 0 Å². The third-order valence-electron chi connectivity index (χ3n) is 10.6. The molecule has 4 amide bonds. The van der Waals surface area contributed by atoms with Crippen molar-refractivity contribution in [2.75, 3.05) is 48.5 Å². The van der Waals surface area contributed by atoms with Gasteiger partial charge in [0.05, 0.1) is 48.7 Å². The van der Waals surface area contributed by atoms with E-state index >= 15 is 0 Å². The second kappa shape index (κ2) is 22.1. The van der Waals surface area contributed by atoms with Gasteiger partial charge in [-0.2, -0.15) is 0 Å². The van der Waals surface area contributed by atoms with E-state index in [1.54, 1.807) is 45.0 Å². The molecule has 1 aromatic carbocycles. The van der Waals surface area contributed by atoms with E-state index in [9.17, 15) is 24.7 Å². The first kappa shape index (κ1) is 45.7. The van der Waals surface area contributed by atoms with Gasteiger partial charge in [-0.05, 0) is 62.4 Å². The predicted molar refractivity (Wildman–Crippen MR) is 207 cm³/mol. The third kappa shape index (κ3) is 12.3. The molecule has 2 rings (SSSR count). The Kier molecular flexibility index (Phi) is 19.1. The van der Waals surface area contributed by atoms with Gasteiger partial charge < -0.3 is 29.9 Å². The number of carbonyl (C=O) groups is 4. The number of benzene rings is 1. The van der Waals surface area contributed by atoms with E-state index in [4.69, 9.17) is 21.1 Å². The van der Waals surface area contributed by atoms with Crippen molar-refractivity contribution in [2.45, 2.75) is 116 Å². The fraction of sp³-hybridized carbons (Fsp3) is 0.737. The molecule has 1 aliphatic heterocycles. The summed E-state index contributed by atoms with van der Waals surface area (Å²) in [4.78, 5) is 63.2. The number of halogens is 1. The highest BCUT2D eigenvalue weighted by Gasteiger charge is 2.43. The van der Waals surface area contributed by atoms with Crippen molar-refractivity contribution in [3.05, 3.63) is 45.3 Å². The second-order valence-electron chi connectivity index (χ2n) is 14.8. The number of hydrogen-bond donors (Lipinski definition) is 2. The Morgan fingerprint density at radius 1 is 1.06 bits per heavy atom. The summed E-state index contributed by atoms with van der Waals surface area (Å²) >= 11 is 6.29. The molecular formula is C38H63ClN8O6. The molecule has 0 spiro atoms. The number of ether oxygens (including phenoxy) is 2. The van der Waals surface area contributed by atoms with Crippen LogP contribution in [0, 0.1) is 17.8 Å². The average Bonchev–Trinajstić information content (AvgIpc) is 3.60. The highest BCUT2D eigenvalue weighted by molar-refractivity contribution is 6.31.